The van der Waals surface area contributed by atoms with Crippen molar-refractivity contribution in [3.63, 3.8) is 0 Å². The van der Waals surface area contributed by atoms with E-state index in [9.17, 15) is 13.2 Å². The quantitative estimate of drug-likeness (QED) is 0.500. The molecule has 0 radical (unpaired) electrons. The van der Waals surface area contributed by atoms with Crippen molar-refractivity contribution in [1.29, 1.82) is 0 Å². The summed E-state index contributed by atoms with van der Waals surface area (Å²) in [7, 11) is 1.61. The Morgan fingerprint density at radius 3 is 2.60 bits per heavy atom. The maximum atomic E-state index is 12.9. The Labute approximate surface area is 170 Å². The van der Waals surface area contributed by atoms with Gasteiger partial charge < -0.3 is 14.6 Å². The van der Waals surface area contributed by atoms with Crippen LogP contribution in [0.25, 0.3) is 33.5 Å². The number of halogens is 3. The molecular weight excluding hydrogens is 395 g/mol. The third kappa shape index (κ3) is 3.24. The molecule has 156 valence electrons. The van der Waals surface area contributed by atoms with E-state index in [1.165, 1.54) is 0 Å². The zero-order valence-electron chi connectivity index (χ0n) is 16.3. The first-order chi connectivity index (χ1) is 14.4. The van der Waals surface area contributed by atoms with Crippen molar-refractivity contribution in [2.45, 2.75) is 19.0 Å². The molecule has 9 heteroatoms. The molecule has 30 heavy (non-hydrogen) atoms. The largest absolute Gasteiger partial charge is 0.497 e. The van der Waals surface area contributed by atoms with E-state index in [4.69, 9.17) is 4.74 Å². The molecule has 0 atom stereocenters. The molecule has 3 heterocycles. The molecule has 0 aliphatic carbocycles. The van der Waals surface area contributed by atoms with Gasteiger partial charge in [0.2, 0.25) is 0 Å². The molecule has 1 aliphatic heterocycles. The Morgan fingerprint density at radius 1 is 1.07 bits per heavy atom. The van der Waals surface area contributed by atoms with Gasteiger partial charge in [0.15, 0.2) is 5.82 Å². The van der Waals surface area contributed by atoms with Crippen LogP contribution in [0.1, 0.15) is 12.8 Å². The van der Waals surface area contributed by atoms with Gasteiger partial charge in [-0.2, -0.15) is 18.3 Å². The molecule has 1 saturated heterocycles. The van der Waals surface area contributed by atoms with E-state index in [-0.39, 0.29) is 12.8 Å². The second-order valence-electron chi connectivity index (χ2n) is 7.57. The molecule has 0 spiro atoms. The van der Waals surface area contributed by atoms with Crippen molar-refractivity contribution in [2.75, 3.05) is 25.1 Å². The van der Waals surface area contributed by atoms with Crippen LogP contribution in [0.4, 0.5) is 18.9 Å². The zero-order chi connectivity index (χ0) is 20.9. The molecule has 0 amide bonds. The van der Waals surface area contributed by atoms with Gasteiger partial charge in [-0.15, -0.1) is 0 Å². The summed E-state index contributed by atoms with van der Waals surface area (Å²) in [5, 5.41) is 8.28. The third-order valence-electron chi connectivity index (χ3n) is 5.78. The number of imidazole rings is 1. The minimum absolute atomic E-state index is 0.122. The first-order valence-electron chi connectivity index (χ1n) is 9.76. The first-order valence-corrected chi connectivity index (χ1v) is 9.76. The van der Waals surface area contributed by atoms with E-state index in [1.807, 2.05) is 41.3 Å². The van der Waals surface area contributed by atoms with Crippen LogP contribution < -0.4 is 9.64 Å². The standard InChI is InChI=1S/C21H20F3N5O/c1-30-14-3-5-16-15(11-14)19(28-27-16)20-25-17-4-2-13(10-18(17)26-20)29-8-6-12(7-9-29)21(22,23)24/h2-5,10-12H,6-9H2,1H3,(H,25,26)(H,27,28). The van der Waals surface area contributed by atoms with E-state index in [0.29, 0.717) is 24.6 Å². The van der Waals surface area contributed by atoms with Gasteiger partial charge in [-0.25, -0.2) is 4.98 Å². The van der Waals surface area contributed by atoms with Crippen LogP contribution in [0, 0.1) is 5.92 Å². The van der Waals surface area contributed by atoms with Gasteiger partial charge in [0.1, 0.15) is 11.4 Å². The molecule has 0 unspecified atom stereocenters. The number of aromatic amines is 2. The number of hydrogen-bond acceptors (Lipinski definition) is 4. The summed E-state index contributed by atoms with van der Waals surface area (Å²) in [5.41, 5.74) is 4.05. The smallest absolute Gasteiger partial charge is 0.391 e. The molecule has 1 aliphatic rings. The lowest BCUT2D eigenvalue weighted by Crippen LogP contribution is -2.38. The Balaban J connectivity index is 1.44. The number of anilines is 1. The van der Waals surface area contributed by atoms with Gasteiger partial charge in [0, 0.05) is 24.2 Å². The number of nitrogens with one attached hydrogen (secondary N) is 2. The lowest BCUT2D eigenvalue weighted by molar-refractivity contribution is -0.179. The topological polar surface area (TPSA) is 69.8 Å². The van der Waals surface area contributed by atoms with Crippen LogP contribution in [-0.4, -0.2) is 46.5 Å². The summed E-state index contributed by atoms with van der Waals surface area (Å²) in [4.78, 5) is 9.94. The zero-order valence-corrected chi connectivity index (χ0v) is 16.3. The molecule has 0 bridgehead atoms. The summed E-state index contributed by atoms with van der Waals surface area (Å²) in [6.45, 7) is 0.779. The highest BCUT2D eigenvalue weighted by Crippen LogP contribution is 2.36. The van der Waals surface area contributed by atoms with Crippen molar-refractivity contribution in [3.8, 4) is 17.3 Å². The fourth-order valence-corrected chi connectivity index (χ4v) is 4.07. The molecular formula is C21H20F3N5O. The molecule has 6 nitrogen and oxygen atoms in total. The average molecular weight is 415 g/mol. The lowest BCUT2D eigenvalue weighted by atomic mass is 9.96. The van der Waals surface area contributed by atoms with Gasteiger partial charge in [0.05, 0.1) is 29.6 Å². The minimum Gasteiger partial charge on any atom is -0.497 e. The summed E-state index contributed by atoms with van der Waals surface area (Å²) >= 11 is 0. The fraction of sp³-hybridized carbons (Fsp3) is 0.333. The van der Waals surface area contributed by atoms with E-state index < -0.39 is 12.1 Å². The van der Waals surface area contributed by atoms with Crippen LogP contribution in [0.5, 0.6) is 5.75 Å². The number of ether oxygens (including phenoxy) is 1. The third-order valence-corrected chi connectivity index (χ3v) is 5.78. The van der Waals surface area contributed by atoms with E-state index >= 15 is 0 Å². The van der Waals surface area contributed by atoms with Crippen molar-refractivity contribution in [1.82, 2.24) is 20.2 Å². The van der Waals surface area contributed by atoms with Crippen LogP contribution >= 0.6 is 0 Å². The number of aromatic nitrogens is 4. The Bertz CT molecular complexity index is 1200. The highest BCUT2D eigenvalue weighted by molar-refractivity contribution is 5.94. The number of fused-ring (bicyclic) bond motifs is 2. The number of piperidine rings is 1. The number of alkyl halides is 3. The molecule has 2 aromatic carbocycles. The highest BCUT2D eigenvalue weighted by Gasteiger charge is 2.41. The number of nitrogens with zero attached hydrogens (tertiary/aromatic N) is 3. The van der Waals surface area contributed by atoms with E-state index in [2.05, 4.69) is 20.2 Å². The summed E-state index contributed by atoms with van der Waals surface area (Å²) < 4.78 is 44.1. The second-order valence-corrected chi connectivity index (χ2v) is 7.57. The maximum Gasteiger partial charge on any atom is 0.391 e. The Kier molecular flexibility index (Phi) is 4.34. The van der Waals surface area contributed by atoms with E-state index in [0.717, 1.165) is 33.4 Å². The number of benzene rings is 2. The number of methoxy groups -OCH3 is 1. The SMILES string of the molecule is COc1ccc2[nH]nc(-c3nc4ccc(N5CCC(C(F)(F)F)CC5)cc4[nH]3)c2c1. The van der Waals surface area contributed by atoms with Crippen molar-refractivity contribution >= 4 is 27.6 Å². The number of hydrogen-bond donors (Lipinski definition) is 2. The van der Waals surface area contributed by atoms with Gasteiger partial charge in [-0.1, -0.05) is 0 Å². The van der Waals surface area contributed by atoms with Crippen LogP contribution in [0.2, 0.25) is 0 Å². The first kappa shape index (κ1) is 18.8. The molecule has 0 saturated carbocycles. The molecule has 2 aromatic heterocycles. The monoisotopic (exact) mass is 415 g/mol. The minimum atomic E-state index is -4.11. The van der Waals surface area contributed by atoms with Crippen LogP contribution in [0.3, 0.4) is 0 Å². The van der Waals surface area contributed by atoms with Crippen LogP contribution in [-0.2, 0) is 0 Å². The number of H-pyrrole nitrogens is 2. The van der Waals surface area contributed by atoms with Crippen molar-refractivity contribution in [2.24, 2.45) is 5.92 Å². The Hall–Kier alpha value is -3.23. The van der Waals surface area contributed by atoms with Gasteiger partial charge in [-0.05, 0) is 49.2 Å². The normalized spacial score (nSPS) is 15.9. The second kappa shape index (κ2) is 6.93. The Morgan fingerprint density at radius 2 is 1.87 bits per heavy atom. The van der Waals surface area contributed by atoms with E-state index in [1.54, 1.807) is 7.11 Å². The average Bonchev–Trinajstić information content (AvgIpc) is 3.35. The molecule has 4 aromatic rings. The summed E-state index contributed by atoms with van der Waals surface area (Å²) in [5.74, 6) is 0.143. The van der Waals surface area contributed by atoms with Crippen LogP contribution in [0.15, 0.2) is 36.4 Å². The van der Waals surface area contributed by atoms with Crippen molar-refractivity contribution < 1.29 is 17.9 Å². The van der Waals surface area contributed by atoms with Gasteiger partial charge in [0.25, 0.3) is 0 Å². The summed E-state index contributed by atoms with van der Waals surface area (Å²) in [6, 6.07) is 11.4. The fourth-order valence-electron chi connectivity index (χ4n) is 4.07. The predicted molar refractivity (Wildman–Crippen MR) is 109 cm³/mol. The maximum absolute atomic E-state index is 12.9. The predicted octanol–water partition coefficient (Wildman–Crippen LogP) is 4.89. The highest BCUT2D eigenvalue weighted by atomic mass is 19.4. The summed E-state index contributed by atoms with van der Waals surface area (Å²) in [6.07, 6.45) is -3.86. The van der Waals surface area contributed by atoms with Gasteiger partial charge >= 0.3 is 6.18 Å². The molecule has 5 rings (SSSR count). The number of rotatable bonds is 3. The lowest BCUT2D eigenvalue weighted by Gasteiger charge is -2.34. The molecule has 1 fully saturated rings. The van der Waals surface area contributed by atoms with Crippen molar-refractivity contribution in [3.05, 3.63) is 36.4 Å². The molecule has 2 N–H and O–H groups in total. The van der Waals surface area contributed by atoms with Gasteiger partial charge in [-0.3, -0.25) is 5.10 Å².